The number of aliphatic hydroxyl groups is 1. The first kappa shape index (κ1) is 22.3. The maximum absolute atomic E-state index is 11.8. The van der Waals surface area contributed by atoms with Crippen molar-refractivity contribution in [3.8, 4) is 0 Å². The van der Waals surface area contributed by atoms with Crippen LogP contribution < -0.4 is 0 Å². The van der Waals surface area contributed by atoms with E-state index < -0.39 is 0 Å². The van der Waals surface area contributed by atoms with Gasteiger partial charge in [0.15, 0.2) is 0 Å². The van der Waals surface area contributed by atoms with E-state index in [1.54, 1.807) is 0 Å². The van der Waals surface area contributed by atoms with Crippen LogP contribution in [0.25, 0.3) is 0 Å². The van der Waals surface area contributed by atoms with Gasteiger partial charge in [0.2, 0.25) is 0 Å². The van der Waals surface area contributed by atoms with E-state index in [1.807, 2.05) is 12.1 Å². The number of carbonyl (C=O) groups is 1. The smallest absolute Gasteiger partial charge is 0.348 e. The summed E-state index contributed by atoms with van der Waals surface area (Å²) in [7, 11) is 0. The average molecular weight is 435 g/mol. The van der Waals surface area contributed by atoms with Gasteiger partial charge in [-0.25, -0.2) is 4.79 Å². The molecule has 0 saturated heterocycles. The van der Waals surface area contributed by atoms with Gasteiger partial charge in [0, 0.05) is 10.3 Å². The summed E-state index contributed by atoms with van der Waals surface area (Å²) in [5.41, 5.74) is 1.43. The van der Waals surface area contributed by atoms with Gasteiger partial charge in [-0.1, -0.05) is 30.3 Å². The number of halogens is 1. The van der Waals surface area contributed by atoms with Gasteiger partial charge in [0.1, 0.15) is 11.5 Å². The van der Waals surface area contributed by atoms with Crippen LogP contribution in [-0.2, 0) is 17.6 Å². The molecule has 1 saturated carbocycles. The second-order valence-electron chi connectivity index (χ2n) is 7.91. The van der Waals surface area contributed by atoms with Crippen molar-refractivity contribution < 1.29 is 14.6 Å². The zero-order valence-corrected chi connectivity index (χ0v) is 18.5. The summed E-state index contributed by atoms with van der Waals surface area (Å²) in [6, 6.07) is 14.6. The van der Waals surface area contributed by atoms with E-state index in [1.165, 1.54) is 41.0 Å². The van der Waals surface area contributed by atoms with E-state index >= 15 is 0 Å². The number of hydrogen-bond donors (Lipinski definition) is 1. The Morgan fingerprint density at radius 1 is 1.07 bits per heavy atom. The molecule has 1 aromatic carbocycles. The van der Waals surface area contributed by atoms with Gasteiger partial charge in [0.25, 0.3) is 0 Å². The minimum Gasteiger partial charge on any atom is -0.459 e. The molecule has 0 bridgehead atoms. The Kier molecular flexibility index (Phi) is 9.03. The molecule has 158 valence electrons. The standard InChI is InChI=1S/C24H31ClO3S/c25-22-14-12-19(9-4-8-18-6-2-1-3-7-18)21(22)11-5-10-20-13-15-23(29-20)24(27)28-17-16-26/h1-3,6-7,13,15,19,21-22,26H,4-5,8-12,14,16-17H2/t19-,21+,22+/m0/s1. The average Bonchev–Trinajstić information content (AvgIpc) is 3.35. The number of carbonyl (C=O) groups excluding carboxylic acids is 1. The lowest BCUT2D eigenvalue weighted by Gasteiger charge is -2.22. The number of hydrogen-bond acceptors (Lipinski definition) is 4. The molecule has 0 amide bonds. The summed E-state index contributed by atoms with van der Waals surface area (Å²) in [5, 5.41) is 9.07. The van der Waals surface area contributed by atoms with Gasteiger partial charge in [-0.05, 0) is 80.9 Å². The van der Waals surface area contributed by atoms with Crippen LogP contribution in [0, 0.1) is 11.8 Å². The molecule has 1 aliphatic carbocycles. The second-order valence-corrected chi connectivity index (χ2v) is 9.64. The predicted octanol–water partition coefficient (Wildman–Crippen LogP) is 5.88. The lowest BCUT2D eigenvalue weighted by Crippen LogP contribution is -2.16. The van der Waals surface area contributed by atoms with Crippen LogP contribution in [-0.4, -0.2) is 29.7 Å². The van der Waals surface area contributed by atoms with Gasteiger partial charge < -0.3 is 9.84 Å². The zero-order valence-electron chi connectivity index (χ0n) is 16.9. The summed E-state index contributed by atoms with van der Waals surface area (Å²) in [6.07, 6.45) is 9.30. The summed E-state index contributed by atoms with van der Waals surface area (Å²) < 4.78 is 4.98. The quantitative estimate of drug-likeness (QED) is 0.355. The molecule has 0 spiro atoms. The summed E-state index contributed by atoms with van der Waals surface area (Å²) >= 11 is 8.16. The van der Waals surface area contributed by atoms with Gasteiger partial charge in [-0.15, -0.1) is 22.9 Å². The maximum atomic E-state index is 11.8. The van der Waals surface area contributed by atoms with Crippen molar-refractivity contribution >= 4 is 28.9 Å². The van der Waals surface area contributed by atoms with E-state index in [0.717, 1.165) is 38.0 Å². The summed E-state index contributed by atoms with van der Waals surface area (Å²) in [4.78, 5) is 13.7. The number of aliphatic hydroxyl groups excluding tert-OH is 1. The predicted molar refractivity (Wildman–Crippen MR) is 120 cm³/mol. The Balaban J connectivity index is 1.41. The highest BCUT2D eigenvalue weighted by Crippen LogP contribution is 2.41. The minimum absolute atomic E-state index is 0.0521. The molecule has 3 nitrogen and oxygen atoms in total. The molecule has 0 aliphatic heterocycles. The highest BCUT2D eigenvalue weighted by atomic mass is 35.5. The Hall–Kier alpha value is -1.36. The lowest BCUT2D eigenvalue weighted by atomic mass is 9.86. The SMILES string of the molecule is O=C(OCCO)c1ccc(CCC[C@@H]2[C@@H](CCCc3ccccc3)CC[C@H]2Cl)s1. The van der Waals surface area contributed by atoms with Crippen molar-refractivity contribution in [3.63, 3.8) is 0 Å². The van der Waals surface area contributed by atoms with Crippen LogP contribution >= 0.6 is 22.9 Å². The van der Waals surface area contributed by atoms with Crippen molar-refractivity contribution in [2.24, 2.45) is 11.8 Å². The molecule has 3 atom stereocenters. The number of ether oxygens (including phenoxy) is 1. The minimum atomic E-state index is -0.342. The molecule has 1 fully saturated rings. The fraction of sp³-hybridized carbons (Fsp3) is 0.542. The third kappa shape index (κ3) is 6.84. The molecule has 29 heavy (non-hydrogen) atoms. The van der Waals surface area contributed by atoms with E-state index in [-0.39, 0.29) is 19.2 Å². The molecule has 0 unspecified atom stereocenters. The third-order valence-electron chi connectivity index (χ3n) is 5.91. The number of esters is 1. The van der Waals surface area contributed by atoms with Crippen molar-refractivity contribution in [2.75, 3.05) is 13.2 Å². The first-order valence-corrected chi connectivity index (χ1v) is 12.0. The summed E-state index contributed by atoms with van der Waals surface area (Å²) in [5.74, 6) is 1.01. The summed E-state index contributed by atoms with van der Waals surface area (Å²) in [6.45, 7) is -0.0893. The van der Waals surface area contributed by atoms with Crippen LogP contribution in [0.3, 0.4) is 0 Å². The fourth-order valence-corrected chi connectivity index (χ4v) is 5.83. The zero-order chi connectivity index (χ0) is 20.5. The first-order chi connectivity index (χ1) is 14.2. The molecular weight excluding hydrogens is 404 g/mol. The molecular formula is C24H31ClO3S. The highest BCUT2D eigenvalue weighted by Gasteiger charge is 2.33. The first-order valence-electron chi connectivity index (χ1n) is 10.7. The van der Waals surface area contributed by atoms with E-state index in [2.05, 4.69) is 30.3 Å². The van der Waals surface area contributed by atoms with E-state index in [4.69, 9.17) is 21.4 Å². The Labute approximate surface area is 183 Å². The highest BCUT2D eigenvalue weighted by molar-refractivity contribution is 7.13. The molecule has 2 aromatic rings. The van der Waals surface area contributed by atoms with Crippen LogP contribution in [0.2, 0.25) is 0 Å². The Bertz CT molecular complexity index is 746. The Morgan fingerprint density at radius 3 is 2.66 bits per heavy atom. The molecule has 3 rings (SSSR count). The van der Waals surface area contributed by atoms with Crippen molar-refractivity contribution in [1.82, 2.24) is 0 Å². The van der Waals surface area contributed by atoms with Gasteiger partial charge in [-0.2, -0.15) is 0 Å². The third-order valence-corrected chi connectivity index (χ3v) is 7.58. The van der Waals surface area contributed by atoms with Gasteiger partial charge >= 0.3 is 5.97 Å². The molecule has 5 heteroatoms. The van der Waals surface area contributed by atoms with Gasteiger partial charge in [0.05, 0.1) is 6.61 Å². The number of alkyl halides is 1. The van der Waals surface area contributed by atoms with E-state index in [9.17, 15) is 4.79 Å². The van der Waals surface area contributed by atoms with E-state index in [0.29, 0.717) is 16.2 Å². The van der Waals surface area contributed by atoms with Crippen LogP contribution in [0.15, 0.2) is 42.5 Å². The number of aryl methyl sites for hydroxylation is 2. The monoisotopic (exact) mass is 434 g/mol. The van der Waals surface area contributed by atoms with Crippen LogP contribution in [0.5, 0.6) is 0 Å². The lowest BCUT2D eigenvalue weighted by molar-refractivity contribution is 0.0439. The number of rotatable bonds is 11. The largest absolute Gasteiger partial charge is 0.459 e. The molecule has 1 heterocycles. The van der Waals surface area contributed by atoms with Gasteiger partial charge in [-0.3, -0.25) is 0 Å². The van der Waals surface area contributed by atoms with Crippen LogP contribution in [0.4, 0.5) is 0 Å². The number of benzene rings is 1. The molecule has 1 aliphatic rings. The van der Waals surface area contributed by atoms with Crippen LogP contribution in [0.1, 0.15) is 58.6 Å². The molecule has 0 radical (unpaired) electrons. The van der Waals surface area contributed by atoms with Crippen molar-refractivity contribution in [2.45, 2.75) is 56.7 Å². The topological polar surface area (TPSA) is 46.5 Å². The second kappa shape index (κ2) is 11.7. The maximum Gasteiger partial charge on any atom is 0.348 e. The molecule has 1 aromatic heterocycles. The van der Waals surface area contributed by atoms with Crippen molar-refractivity contribution in [1.29, 1.82) is 0 Å². The fourth-order valence-electron chi connectivity index (χ4n) is 4.43. The number of thiophene rings is 1. The Morgan fingerprint density at radius 2 is 1.86 bits per heavy atom. The normalized spacial score (nSPS) is 21.4. The molecule has 1 N–H and O–H groups in total. The van der Waals surface area contributed by atoms with Crippen molar-refractivity contribution in [3.05, 3.63) is 57.8 Å².